The summed E-state index contributed by atoms with van der Waals surface area (Å²) in [7, 11) is 0. The molecule has 126 valence electrons. The maximum absolute atomic E-state index is 11.6. The summed E-state index contributed by atoms with van der Waals surface area (Å²) in [6.07, 6.45) is 2.08. The highest BCUT2D eigenvalue weighted by Gasteiger charge is 2.08. The molecule has 23 heavy (non-hydrogen) atoms. The van der Waals surface area contributed by atoms with Crippen LogP contribution in [0.25, 0.3) is 0 Å². The van der Waals surface area contributed by atoms with E-state index < -0.39 is 5.91 Å². The minimum atomic E-state index is -0.464. The zero-order valence-corrected chi connectivity index (χ0v) is 15.6. The van der Waals surface area contributed by atoms with Crippen LogP contribution in [0.5, 0.6) is 5.75 Å². The molecule has 0 spiro atoms. The van der Waals surface area contributed by atoms with Crippen LogP contribution in [0.3, 0.4) is 0 Å². The Hall–Kier alpha value is -1.38. The smallest absolute Gasteiger partial charge is 0.276 e. The molecule has 3 N–H and O–H groups in total. The van der Waals surface area contributed by atoms with Gasteiger partial charge in [-0.3, -0.25) is 20.4 Å². The molecule has 0 aliphatic carbocycles. The lowest BCUT2D eigenvalue weighted by atomic mass is 10.2. The lowest BCUT2D eigenvalue weighted by molar-refractivity contribution is -0.124. The molecule has 0 atom stereocenters. The number of halogens is 2. The fourth-order valence-corrected chi connectivity index (χ4v) is 2.35. The molecule has 1 aromatic carbocycles. The largest absolute Gasteiger partial charge is 0.482 e. The Bertz CT molecular complexity index is 586. The van der Waals surface area contributed by atoms with Gasteiger partial charge >= 0.3 is 0 Å². The third-order valence-electron chi connectivity index (χ3n) is 2.58. The summed E-state index contributed by atoms with van der Waals surface area (Å²) in [5.41, 5.74) is 4.75. The Morgan fingerprint density at radius 1 is 1.30 bits per heavy atom. The summed E-state index contributed by atoms with van der Waals surface area (Å²) >= 11 is 14.1. The van der Waals surface area contributed by atoms with E-state index in [1.807, 2.05) is 6.92 Å². The van der Waals surface area contributed by atoms with Gasteiger partial charge < -0.3 is 10.1 Å². The van der Waals surface area contributed by atoms with Gasteiger partial charge in [-0.1, -0.05) is 40.9 Å². The van der Waals surface area contributed by atoms with Crippen LogP contribution >= 0.6 is 39.7 Å². The Balaban J connectivity index is 2.28. The van der Waals surface area contributed by atoms with E-state index in [0.717, 1.165) is 17.3 Å². The molecule has 0 fully saturated rings. The van der Waals surface area contributed by atoms with E-state index in [4.69, 9.17) is 28.6 Å². The van der Waals surface area contributed by atoms with Crippen molar-refractivity contribution in [1.29, 1.82) is 0 Å². The molecular weight excluding hydrogens is 406 g/mol. The summed E-state index contributed by atoms with van der Waals surface area (Å²) in [5, 5.41) is 2.88. The van der Waals surface area contributed by atoms with Gasteiger partial charge in [0.25, 0.3) is 5.91 Å². The summed E-state index contributed by atoms with van der Waals surface area (Å²) in [6, 6.07) is 5.05. The number of benzene rings is 1. The lowest BCUT2D eigenvalue weighted by Gasteiger charge is -2.12. The van der Waals surface area contributed by atoms with Crippen LogP contribution in [0.1, 0.15) is 26.2 Å². The fraction of sp³-hybridized carbons (Fsp3) is 0.357. The van der Waals surface area contributed by atoms with Crippen LogP contribution in [0, 0.1) is 0 Å². The van der Waals surface area contributed by atoms with Crippen molar-refractivity contribution in [3.05, 3.63) is 27.7 Å². The minimum Gasteiger partial charge on any atom is -0.482 e. The van der Waals surface area contributed by atoms with Gasteiger partial charge in [0.2, 0.25) is 5.91 Å². The number of rotatable bonds is 6. The molecule has 0 bridgehead atoms. The number of amides is 2. The van der Waals surface area contributed by atoms with E-state index in [-0.39, 0.29) is 17.6 Å². The molecule has 0 saturated heterocycles. The molecule has 1 aromatic rings. The number of carbonyl (C=O) groups excluding carboxylic acids is 2. The predicted molar refractivity (Wildman–Crippen MR) is 96.2 cm³/mol. The van der Waals surface area contributed by atoms with E-state index >= 15 is 0 Å². The second-order valence-corrected chi connectivity index (χ2v) is 6.25. The Kier molecular flexibility index (Phi) is 8.90. The molecule has 0 aliphatic rings. The van der Waals surface area contributed by atoms with Gasteiger partial charge in [-0.15, -0.1) is 0 Å². The van der Waals surface area contributed by atoms with Gasteiger partial charge in [0.15, 0.2) is 11.7 Å². The Morgan fingerprint density at radius 3 is 2.70 bits per heavy atom. The van der Waals surface area contributed by atoms with Crippen molar-refractivity contribution in [2.75, 3.05) is 6.61 Å². The molecule has 0 unspecified atom stereocenters. The van der Waals surface area contributed by atoms with Crippen LogP contribution in [-0.4, -0.2) is 23.5 Å². The first kappa shape index (κ1) is 19.7. The van der Waals surface area contributed by atoms with Crippen molar-refractivity contribution in [1.82, 2.24) is 16.2 Å². The SMILES string of the molecule is CCCCC(=O)NC(=S)NNC(=O)COc1ccc(Br)cc1Cl. The summed E-state index contributed by atoms with van der Waals surface area (Å²) in [6.45, 7) is 1.74. The van der Waals surface area contributed by atoms with E-state index in [0.29, 0.717) is 17.2 Å². The van der Waals surface area contributed by atoms with Crippen molar-refractivity contribution in [2.45, 2.75) is 26.2 Å². The first-order chi connectivity index (χ1) is 10.9. The Labute approximate surface area is 153 Å². The number of hydrogen-bond donors (Lipinski definition) is 3. The number of carbonyl (C=O) groups is 2. The summed E-state index contributed by atoms with van der Waals surface area (Å²) in [5.74, 6) is -0.272. The number of nitrogens with one attached hydrogen (secondary N) is 3. The highest BCUT2D eigenvalue weighted by molar-refractivity contribution is 9.10. The van der Waals surface area contributed by atoms with E-state index in [9.17, 15) is 9.59 Å². The first-order valence-electron chi connectivity index (χ1n) is 6.89. The first-order valence-corrected chi connectivity index (χ1v) is 8.46. The molecule has 1 rings (SSSR count). The highest BCUT2D eigenvalue weighted by Crippen LogP contribution is 2.27. The van der Waals surface area contributed by atoms with Crippen LogP contribution in [0.15, 0.2) is 22.7 Å². The van der Waals surface area contributed by atoms with E-state index in [1.54, 1.807) is 18.2 Å². The lowest BCUT2D eigenvalue weighted by Crippen LogP contribution is -2.49. The molecule has 9 heteroatoms. The monoisotopic (exact) mass is 421 g/mol. The van der Waals surface area contributed by atoms with Crippen molar-refractivity contribution in [3.63, 3.8) is 0 Å². The molecule has 0 saturated carbocycles. The highest BCUT2D eigenvalue weighted by atomic mass is 79.9. The van der Waals surface area contributed by atoms with E-state index in [1.165, 1.54) is 0 Å². The van der Waals surface area contributed by atoms with Crippen LogP contribution in [-0.2, 0) is 9.59 Å². The average Bonchev–Trinajstić information content (AvgIpc) is 2.50. The van der Waals surface area contributed by atoms with Crippen molar-refractivity contribution >= 4 is 56.7 Å². The zero-order valence-electron chi connectivity index (χ0n) is 12.4. The number of thiocarbonyl (C=S) groups is 1. The number of hydrazine groups is 1. The van der Waals surface area contributed by atoms with Gasteiger partial charge in [-0.2, -0.15) is 0 Å². The average molecular weight is 423 g/mol. The van der Waals surface area contributed by atoms with Crippen molar-refractivity contribution in [2.24, 2.45) is 0 Å². The van der Waals surface area contributed by atoms with Gasteiger partial charge in [0.05, 0.1) is 5.02 Å². The molecular formula is C14H17BrClN3O3S. The Morgan fingerprint density at radius 2 is 2.04 bits per heavy atom. The maximum Gasteiger partial charge on any atom is 0.276 e. The van der Waals surface area contributed by atoms with Gasteiger partial charge in [-0.25, -0.2) is 0 Å². The standard InChI is InChI=1S/C14H17BrClN3O3S/c1-2-3-4-12(20)17-14(23)19-18-13(21)8-22-11-6-5-9(15)7-10(11)16/h5-7H,2-4,8H2,1H3,(H,18,21)(H2,17,19,20,23). The van der Waals surface area contributed by atoms with Crippen LogP contribution in [0.4, 0.5) is 0 Å². The van der Waals surface area contributed by atoms with Gasteiger partial charge in [-0.05, 0) is 36.8 Å². The fourth-order valence-electron chi connectivity index (χ4n) is 1.46. The van der Waals surface area contributed by atoms with Crippen LogP contribution < -0.4 is 20.9 Å². The number of unbranched alkanes of at least 4 members (excludes halogenated alkanes) is 1. The van der Waals surface area contributed by atoms with Crippen LogP contribution in [0.2, 0.25) is 5.02 Å². The molecule has 2 amide bonds. The normalized spacial score (nSPS) is 9.87. The molecule has 0 aliphatic heterocycles. The zero-order chi connectivity index (χ0) is 17.2. The second kappa shape index (κ2) is 10.4. The summed E-state index contributed by atoms with van der Waals surface area (Å²) in [4.78, 5) is 23.1. The minimum absolute atomic E-state index is 0.0288. The van der Waals surface area contributed by atoms with E-state index in [2.05, 4.69) is 32.1 Å². The number of hydrogen-bond acceptors (Lipinski definition) is 4. The number of ether oxygens (including phenoxy) is 1. The van der Waals surface area contributed by atoms with Gasteiger partial charge in [0, 0.05) is 10.9 Å². The quantitative estimate of drug-likeness (QED) is 0.485. The third kappa shape index (κ3) is 8.15. The van der Waals surface area contributed by atoms with Crippen molar-refractivity contribution in [3.8, 4) is 5.75 Å². The molecule has 6 nitrogen and oxygen atoms in total. The predicted octanol–water partition coefficient (Wildman–Crippen LogP) is 2.69. The van der Waals surface area contributed by atoms with Crippen molar-refractivity contribution < 1.29 is 14.3 Å². The van der Waals surface area contributed by atoms with Gasteiger partial charge in [0.1, 0.15) is 5.75 Å². The maximum atomic E-state index is 11.6. The topological polar surface area (TPSA) is 79.5 Å². The molecule has 0 aromatic heterocycles. The third-order valence-corrected chi connectivity index (χ3v) is 3.57. The molecule has 0 radical (unpaired) electrons. The summed E-state index contributed by atoms with van der Waals surface area (Å²) < 4.78 is 6.09. The molecule has 0 heterocycles. The second-order valence-electron chi connectivity index (χ2n) is 4.52.